The van der Waals surface area contributed by atoms with Gasteiger partial charge in [0.15, 0.2) is 6.10 Å². The quantitative estimate of drug-likeness (QED) is 0.756. The van der Waals surface area contributed by atoms with Crippen molar-refractivity contribution in [1.82, 2.24) is 0 Å². The van der Waals surface area contributed by atoms with Gasteiger partial charge in [-0.05, 0) is 23.2 Å². The summed E-state index contributed by atoms with van der Waals surface area (Å²) in [6, 6.07) is 0. The van der Waals surface area contributed by atoms with E-state index in [1.165, 1.54) is 7.11 Å². The van der Waals surface area contributed by atoms with Crippen LogP contribution in [0.4, 0.5) is 0 Å². The lowest BCUT2D eigenvalue weighted by Crippen LogP contribution is -2.23. The lowest BCUT2D eigenvalue weighted by Gasteiger charge is -2.10. The molecular weight excluding hydrogens is 180 g/mol. The molecule has 82 valence electrons. The van der Waals surface area contributed by atoms with Crippen molar-refractivity contribution in [3.63, 3.8) is 0 Å². The minimum Gasteiger partial charge on any atom is -0.479 e. The molecule has 1 fully saturated rings. The van der Waals surface area contributed by atoms with E-state index in [0.717, 1.165) is 0 Å². The molecule has 1 atom stereocenters. The zero-order valence-corrected chi connectivity index (χ0v) is 9.63. The molecule has 0 heterocycles. The molecule has 3 nitrogen and oxygen atoms in total. The first kappa shape index (κ1) is 11.5. The molecule has 0 bridgehead atoms. The van der Waals surface area contributed by atoms with Crippen LogP contribution < -0.4 is 0 Å². The third kappa shape index (κ3) is 1.54. The van der Waals surface area contributed by atoms with Gasteiger partial charge >= 0.3 is 5.97 Å². The predicted octanol–water partition coefficient (Wildman–Crippen LogP) is 2.16. The third-order valence-corrected chi connectivity index (χ3v) is 4.33. The number of aliphatic carboxylic acids is 1. The van der Waals surface area contributed by atoms with Crippen molar-refractivity contribution in [3.05, 3.63) is 0 Å². The normalized spacial score (nSPS) is 25.8. The van der Waals surface area contributed by atoms with Gasteiger partial charge in [0, 0.05) is 7.11 Å². The summed E-state index contributed by atoms with van der Waals surface area (Å²) < 4.78 is 4.95. The Morgan fingerprint density at radius 2 is 1.79 bits per heavy atom. The first-order valence-corrected chi connectivity index (χ1v) is 5.00. The highest BCUT2D eigenvalue weighted by molar-refractivity contribution is 5.72. The molecule has 0 spiro atoms. The van der Waals surface area contributed by atoms with Crippen LogP contribution in [0.2, 0.25) is 0 Å². The molecule has 0 saturated heterocycles. The standard InChI is InChI=1S/C11H20O3/c1-10(2)8(11(10,3)4)6-7(14-5)9(12)13/h7-8H,6H2,1-5H3,(H,12,13). The van der Waals surface area contributed by atoms with E-state index in [1.54, 1.807) is 0 Å². The summed E-state index contributed by atoms with van der Waals surface area (Å²) in [5.74, 6) is -0.415. The van der Waals surface area contributed by atoms with Crippen LogP contribution in [0.25, 0.3) is 0 Å². The number of carboxylic acid groups (broad SMARTS) is 1. The molecule has 0 aromatic rings. The van der Waals surface area contributed by atoms with Crippen LogP contribution in [0.5, 0.6) is 0 Å². The Morgan fingerprint density at radius 3 is 2.00 bits per heavy atom. The van der Waals surface area contributed by atoms with Crippen LogP contribution in [0.1, 0.15) is 34.1 Å². The molecule has 0 amide bonds. The lowest BCUT2D eigenvalue weighted by atomic mass is 10.0. The van der Waals surface area contributed by atoms with E-state index in [9.17, 15) is 4.79 Å². The summed E-state index contributed by atoms with van der Waals surface area (Å²) in [7, 11) is 1.46. The number of methoxy groups -OCH3 is 1. The second-order valence-corrected chi connectivity index (χ2v) is 5.29. The fourth-order valence-corrected chi connectivity index (χ4v) is 2.43. The van der Waals surface area contributed by atoms with Gasteiger partial charge in [-0.3, -0.25) is 0 Å². The Morgan fingerprint density at radius 1 is 1.36 bits per heavy atom. The summed E-state index contributed by atoms with van der Waals surface area (Å²) >= 11 is 0. The maximum atomic E-state index is 10.8. The number of rotatable bonds is 4. The van der Waals surface area contributed by atoms with Gasteiger partial charge in [0.25, 0.3) is 0 Å². The van der Waals surface area contributed by atoms with Gasteiger partial charge in [-0.1, -0.05) is 27.7 Å². The Kier molecular flexibility index (Phi) is 2.65. The van der Waals surface area contributed by atoms with Crippen molar-refractivity contribution >= 4 is 5.97 Å². The van der Waals surface area contributed by atoms with E-state index in [2.05, 4.69) is 27.7 Å². The van der Waals surface area contributed by atoms with Crippen molar-refractivity contribution in [2.45, 2.75) is 40.2 Å². The zero-order chi connectivity index (χ0) is 11.1. The number of hydrogen-bond acceptors (Lipinski definition) is 2. The second kappa shape index (κ2) is 3.23. The average Bonchev–Trinajstić information content (AvgIpc) is 2.40. The van der Waals surface area contributed by atoms with E-state index in [0.29, 0.717) is 12.3 Å². The molecule has 0 aromatic carbocycles. The average molecular weight is 200 g/mol. The Balaban J connectivity index is 2.60. The van der Waals surface area contributed by atoms with Gasteiger partial charge in [-0.15, -0.1) is 0 Å². The molecule has 1 aliphatic carbocycles. The second-order valence-electron chi connectivity index (χ2n) is 5.29. The van der Waals surface area contributed by atoms with Crippen LogP contribution in [0.3, 0.4) is 0 Å². The highest BCUT2D eigenvalue weighted by Gasteiger charge is 2.64. The Hall–Kier alpha value is -0.570. The van der Waals surface area contributed by atoms with Crippen LogP contribution in [-0.2, 0) is 9.53 Å². The van der Waals surface area contributed by atoms with Crippen molar-refractivity contribution in [2.75, 3.05) is 7.11 Å². The summed E-state index contributed by atoms with van der Waals surface area (Å²) in [5, 5.41) is 8.87. The molecule has 0 aliphatic heterocycles. The number of ether oxygens (including phenoxy) is 1. The van der Waals surface area contributed by atoms with Crippen LogP contribution in [-0.4, -0.2) is 24.3 Å². The monoisotopic (exact) mass is 200 g/mol. The molecule has 0 radical (unpaired) electrons. The van der Waals surface area contributed by atoms with Crippen molar-refractivity contribution in [2.24, 2.45) is 16.7 Å². The summed E-state index contributed by atoms with van der Waals surface area (Å²) in [6.45, 7) is 8.75. The maximum absolute atomic E-state index is 10.8. The summed E-state index contributed by atoms with van der Waals surface area (Å²) in [4.78, 5) is 10.8. The molecule has 14 heavy (non-hydrogen) atoms. The molecule has 1 saturated carbocycles. The fraction of sp³-hybridized carbons (Fsp3) is 0.909. The van der Waals surface area contributed by atoms with Gasteiger partial charge in [-0.2, -0.15) is 0 Å². The van der Waals surface area contributed by atoms with Gasteiger partial charge in [0.05, 0.1) is 0 Å². The van der Waals surface area contributed by atoms with Crippen LogP contribution in [0.15, 0.2) is 0 Å². The summed E-state index contributed by atoms with van der Waals surface area (Å²) in [6.07, 6.45) is -0.0349. The maximum Gasteiger partial charge on any atom is 0.332 e. The SMILES string of the molecule is COC(CC1C(C)(C)C1(C)C)C(=O)O. The van der Waals surface area contributed by atoms with Crippen molar-refractivity contribution < 1.29 is 14.6 Å². The van der Waals surface area contributed by atoms with Gasteiger partial charge in [-0.25, -0.2) is 4.79 Å². The van der Waals surface area contributed by atoms with Crippen LogP contribution >= 0.6 is 0 Å². The molecule has 0 aromatic heterocycles. The Bertz CT molecular complexity index is 229. The highest BCUT2D eigenvalue weighted by atomic mass is 16.5. The van der Waals surface area contributed by atoms with Gasteiger partial charge in [0.1, 0.15) is 0 Å². The molecule has 1 N–H and O–H groups in total. The van der Waals surface area contributed by atoms with Crippen LogP contribution in [0, 0.1) is 16.7 Å². The zero-order valence-electron chi connectivity index (χ0n) is 9.63. The first-order valence-electron chi connectivity index (χ1n) is 5.00. The molecule has 1 aliphatic rings. The molecule has 3 heteroatoms. The predicted molar refractivity (Wildman–Crippen MR) is 54.1 cm³/mol. The molecule has 1 unspecified atom stereocenters. The number of carboxylic acids is 1. The smallest absolute Gasteiger partial charge is 0.332 e. The van der Waals surface area contributed by atoms with E-state index in [1.807, 2.05) is 0 Å². The number of hydrogen-bond donors (Lipinski definition) is 1. The third-order valence-electron chi connectivity index (χ3n) is 4.33. The Labute approximate surface area is 85.5 Å². The van der Waals surface area contributed by atoms with Gasteiger partial charge < -0.3 is 9.84 Å². The number of carbonyl (C=O) groups is 1. The van der Waals surface area contributed by atoms with Crippen molar-refractivity contribution in [3.8, 4) is 0 Å². The van der Waals surface area contributed by atoms with E-state index >= 15 is 0 Å². The van der Waals surface area contributed by atoms with Gasteiger partial charge in [0.2, 0.25) is 0 Å². The fourth-order valence-electron chi connectivity index (χ4n) is 2.43. The van der Waals surface area contributed by atoms with E-state index in [4.69, 9.17) is 9.84 Å². The van der Waals surface area contributed by atoms with E-state index in [-0.39, 0.29) is 10.8 Å². The minimum absolute atomic E-state index is 0.235. The van der Waals surface area contributed by atoms with Crippen molar-refractivity contribution in [1.29, 1.82) is 0 Å². The minimum atomic E-state index is -0.856. The summed E-state index contributed by atoms with van der Waals surface area (Å²) in [5.41, 5.74) is 0.471. The molecule has 1 rings (SSSR count). The topological polar surface area (TPSA) is 46.5 Å². The lowest BCUT2D eigenvalue weighted by molar-refractivity contribution is -0.149. The largest absolute Gasteiger partial charge is 0.479 e. The first-order chi connectivity index (χ1) is 6.25. The molecular formula is C11H20O3. The van der Waals surface area contributed by atoms with E-state index < -0.39 is 12.1 Å². The highest BCUT2D eigenvalue weighted by Crippen LogP contribution is 2.70.